The van der Waals surface area contributed by atoms with E-state index in [1.807, 2.05) is 29.6 Å². The molecule has 0 aliphatic rings. The van der Waals surface area contributed by atoms with Gasteiger partial charge >= 0.3 is 0 Å². The molecule has 0 fully saturated rings. The second-order valence-electron chi connectivity index (χ2n) is 5.78. The number of nitrogens with one attached hydrogen (secondary N) is 2. The lowest BCUT2D eigenvalue weighted by Crippen LogP contribution is -2.24. The number of sulfonamides is 1. The molecule has 0 saturated carbocycles. The van der Waals surface area contributed by atoms with Gasteiger partial charge in [-0.05, 0) is 36.2 Å². The topological polar surface area (TPSA) is 71.1 Å². The summed E-state index contributed by atoms with van der Waals surface area (Å²) < 4.78 is 37.6. The van der Waals surface area contributed by atoms with Crippen LogP contribution in [0, 0.1) is 5.82 Å². The summed E-state index contributed by atoms with van der Waals surface area (Å²) in [5.41, 5.74) is 3.65. The van der Waals surface area contributed by atoms with E-state index in [0.29, 0.717) is 13.0 Å². The second kappa shape index (κ2) is 7.94. The van der Waals surface area contributed by atoms with Crippen LogP contribution in [-0.4, -0.2) is 26.2 Å². The average molecular weight is 391 g/mol. The van der Waals surface area contributed by atoms with Crippen LogP contribution in [-0.2, 0) is 16.4 Å². The van der Waals surface area contributed by atoms with Crippen molar-refractivity contribution < 1.29 is 12.8 Å². The number of halogens is 1. The van der Waals surface area contributed by atoms with E-state index in [2.05, 4.69) is 15.0 Å². The van der Waals surface area contributed by atoms with Gasteiger partial charge in [-0.15, -0.1) is 11.3 Å². The van der Waals surface area contributed by atoms with Crippen LogP contribution in [0.1, 0.15) is 5.56 Å². The van der Waals surface area contributed by atoms with Crippen LogP contribution in [0.5, 0.6) is 0 Å². The monoisotopic (exact) mass is 391 g/mol. The number of hydrogen-bond acceptors (Lipinski definition) is 5. The van der Waals surface area contributed by atoms with Gasteiger partial charge in [-0.3, -0.25) is 0 Å². The smallest absolute Gasteiger partial charge is 0.208 e. The van der Waals surface area contributed by atoms with Gasteiger partial charge in [0.25, 0.3) is 0 Å². The molecule has 2 N–H and O–H groups in total. The summed E-state index contributed by atoms with van der Waals surface area (Å²) in [5.74, 6) is -0.276. The molecule has 0 amide bonds. The fourth-order valence-corrected chi connectivity index (χ4v) is 3.56. The highest BCUT2D eigenvalue weighted by Crippen LogP contribution is 2.27. The molecule has 3 rings (SSSR count). The zero-order valence-corrected chi connectivity index (χ0v) is 15.7. The van der Waals surface area contributed by atoms with Crippen molar-refractivity contribution in [3.63, 3.8) is 0 Å². The molecule has 0 spiro atoms. The molecule has 136 valence electrons. The van der Waals surface area contributed by atoms with Crippen molar-refractivity contribution >= 4 is 32.2 Å². The van der Waals surface area contributed by atoms with Crippen molar-refractivity contribution in [1.82, 2.24) is 9.71 Å². The maximum absolute atomic E-state index is 12.9. The van der Waals surface area contributed by atoms with Gasteiger partial charge in [0.2, 0.25) is 10.0 Å². The first-order valence-electron chi connectivity index (χ1n) is 7.91. The Morgan fingerprint density at radius 2 is 1.77 bits per heavy atom. The van der Waals surface area contributed by atoms with Crippen molar-refractivity contribution in [3.05, 3.63) is 65.3 Å². The Labute approximate surface area is 156 Å². The highest BCUT2D eigenvalue weighted by Gasteiger charge is 2.06. The number of nitrogens with zero attached hydrogens (tertiary/aromatic N) is 1. The fourth-order valence-electron chi connectivity index (χ4n) is 2.34. The number of thiazole rings is 1. The maximum Gasteiger partial charge on any atom is 0.208 e. The molecule has 26 heavy (non-hydrogen) atoms. The maximum atomic E-state index is 12.9. The second-order valence-corrected chi connectivity index (χ2v) is 8.47. The molecular weight excluding hydrogens is 373 g/mol. The van der Waals surface area contributed by atoms with Gasteiger partial charge in [0.15, 0.2) is 5.13 Å². The summed E-state index contributed by atoms with van der Waals surface area (Å²) in [6.07, 6.45) is 1.78. The summed E-state index contributed by atoms with van der Waals surface area (Å²) >= 11 is 1.47. The van der Waals surface area contributed by atoms with E-state index in [-0.39, 0.29) is 5.82 Å². The fraction of sp³-hybridized carbons (Fsp3) is 0.167. The molecule has 5 nitrogen and oxygen atoms in total. The SMILES string of the molecule is CS(=O)(=O)NCCc1ccc(-c2csc(Nc3ccc(F)cc3)n2)cc1. The summed E-state index contributed by atoms with van der Waals surface area (Å²) in [6, 6.07) is 14.0. The van der Waals surface area contributed by atoms with E-state index >= 15 is 0 Å². The van der Waals surface area contributed by atoms with Crippen molar-refractivity contribution in [1.29, 1.82) is 0 Å². The number of rotatable bonds is 7. The van der Waals surface area contributed by atoms with Crippen LogP contribution in [0.3, 0.4) is 0 Å². The Morgan fingerprint density at radius 3 is 2.42 bits per heavy atom. The molecule has 0 unspecified atom stereocenters. The summed E-state index contributed by atoms with van der Waals surface area (Å²) in [4.78, 5) is 4.54. The predicted octanol–water partition coefficient (Wildman–Crippen LogP) is 3.78. The number of aromatic nitrogens is 1. The predicted molar refractivity (Wildman–Crippen MR) is 104 cm³/mol. The average Bonchev–Trinajstić information content (AvgIpc) is 3.05. The molecule has 3 aromatic rings. The van der Waals surface area contributed by atoms with Gasteiger partial charge in [-0.1, -0.05) is 24.3 Å². The summed E-state index contributed by atoms with van der Waals surface area (Å²) in [6.45, 7) is 0.376. The molecule has 2 aromatic carbocycles. The van der Waals surface area contributed by atoms with Gasteiger partial charge in [0.1, 0.15) is 5.82 Å². The number of hydrogen-bond donors (Lipinski definition) is 2. The third kappa shape index (κ3) is 5.35. The van der Waals surface area contributed by atoms with Crippen LogP contribution in [0.2, 0.25) is 0 Å². The van der Waals surface area contributed by atoms with E-state index in [9.17, 15) is 12.8 Å². The lowest BCUT2D eigenvalue weighted by molar-refractivity contribution is 0.588. The Morgan fingerprint density at radius 1 is 1.08 bits per heavy atom. The molecular formula is C18H18FN3O2S2. The van der Waals surface area contributed by atoms with E-state index in [1.54, 1.807) is 12.1 Å². The van der Waals surface area contributed by atoms with Crippen molar-refractivity contribution in [3.8, 4) is 11.3 Å². The lowest BCUT2D eigenvalue weighted by Gasteiger charge is -2.04. The van der Waals surface area contributed by atoms with Crippen molar-refractivity contribution in [2.75, 3.05) is 18.1 Å². The van der Waals surface area contributed by atoms with E-state index in [0.717, 1.165) is 33.9 Å². The van der Waals surface area contributed by atoms with Crippen LogP contribution in [0.25, 0.3) is 11.3 Å². The van der Waals surface area contributed by atoms with Gasteiger partial charge < -0.3 is 5.32 Å². The zero-order chi connectivity index (χ0) is 18.6. The van der Waals surface area contributed by atoms with E-state index in [4.69, 9.17) is 0 Å². The van der Waals surface area contributed by atoms with E-state index < -0.39 is 10.0 Å². The quantitative estimate of drug-likeness (QED) is 0.643. The molecule has 1 aromatic heterocycles. The van der Waals surface area contributed by atoms with Crippen LogP contribution < -0.4 is 10.0 Å². The first-order valence-corrected chi connectivity index (χ1v) is 10.7. The van der Waals surface area contributed by atoms with E-state index in [1.165, 1.54) is 23.5 Å². The largest absolute Gasteiger partial charge is 0.332 e. The molecule has 0 atom stereocenters. The third-order valence-corrected chi connectivity index (χ3v) is 5.11. The minimum atomic E-state index is -3.16. The standard InChI is InChI=1S/C18H18FN3O2S2/c1-26(23,24)20-11-10-13-2-4-14(5-3-13)17-12-25-18(22-17)21-16-8-6-15(19)7-9-16/h2-9,12,20H,10-11H2,1H3,(H,21,22). The Kier molecular flexibility index (Phi) is 5.65. The van der Waals surface area contributed by atoms with Gasteiger partial charge in [-0.25, -0.2) is 22.5 Å². The summed E-state index contributed by atoms with van der Waals surface area (Å²) in [5, 5.41) is 5.83. The number of anilines is 2. The van der Waals surface area contributed by atoms with Crippen LogP contribution in [0.4, 0.5) is 15.2 Å². The van der Waals surface area contributed by atoms with Crippen LogP contribution >= 0.6 is 11.3 Å². The molecule has 0 aliphatic heterocycles. The minimum Gasteiger partial charge on any atom is -0.332 e. The Hall–Kier alpha value is -2.29. The van der Waals surface area contributed by atoms with Gasteiger partial charge in [-0.2, -0.15) is 0 Å². The normalized spacial score (nSPS) is 11.5. The highest BCUT2D eigenvalue weighted by atomic mass is 32.2. The minimum absolute atomic E-state index is 0.276. The first kappa shape index (κ1) is 18.5. The van der Waals surface area contributed by atoms with Gasteiger partial charge in [0.05, 0.1) is 11.9 Å². The molecule has 8 heteroatoms. The molecule has 0 bridgehead atoms. The molecule has 0 radical (unpaired) electrons. The lowest BCUT2D eigenvalue weighted by atomic mass is 10.1. The Balaban J connectivity index is 1.62. The van der Waals surface area contributed by atoms with Crippen molar-refractivity contribution in [2.24, 2.45) is 0 Å². The van der Waals surface area contributed by atoms with Crippen LogP contribution in [0.15, 0.2) is 53.9 Å². The third-order valence-electron chi connectivity index (χ3n) is 3.63. The summed E-state index contributed by atoms with van der Waals surface area (Å²) in [7, 11) is -3.16. The van der Waals surface area contributed by atoms with Gasteiger partial charge in [0, 0.05) is 23.2 Å². The first-order chi connectivity index (χ1) is 12.4. The molecule has 1 heterocycles. The Bertz CT molecular complexity index is 968. The zero-order valence-electron chi connectivity index (χ0n) is 14.1. The van der Waals surface area contributed by atoms with Crippen molar-refractivity contribution in [2.45, 2.75) is 6.42 Å². The molecule has 0 aliphatic carbocycles. The highest BCUT2D eigenvalue weighted by molar-refractivity contribution is 7.88. The number of benzene rings is 2. The molecule has 0 saturated heterocycles.